The van der Waals surface area contributed by atoms with Crippen molar-refractivity contribution >= 4 is 16.6 Å². The predicted molar refractivity (Wildman–Crippen MR) is 177 cm³/mol. The molecule has 0 heterocycles. The van der Waals surface area contributed by atoms with E-state index in [9.17, 15) is 0 Å². The van der Waals surface area contributed by atoms with Gasteiger partial charge in [0.05, 0.1) is 6.10 Å². The van der Waals surface area contributed by atoms with Gasteiger partial charge in [-0.25, -0.2) is 0 Å². The van der Waals surface area contributed by atoms with E-state index in [0.29, 0.717) is 33.7 Å². The molecule has 0 radical (unpaired) electrons. The second-order valence-electron chi connectivity index (χ2n) is 19.5. The van der Waals surface area contributed by atoms with Crippen LogP contribution in [0.15, 0.2) is 0 Å². The predicted octanol–water partition coefficient (Wildman–Crippen LogP) is 10.8. The van der Waals surface area contributed by atoms with Crippen molar-refractivity contribution in [1.82, 2.24) is 0 Å². The zero-order valence-corrected chi connectivity index (χ0v) is 31.1. The number of fused-ring (bicyclic) bond motifs is 7. The summed E-state index contributed by atoms with van der Waals surface area (Å²) in [5, 5.41) is 0. The fourth-order valence-corrected chi connectivity index (χ4v) is 14.8. The molecule has 0 saturated heterocycles. The maximum atomic E-state index is 6.92. The van der Waals surface area contributed by atoms with Gasteiger partial charge in [-0.1, -0.05) is 48.5 Å². The fraction of sp³-hybridized carbons (Fsp3) is 1.00. The van der Waals surface area contributed by atoms with Crippen molar-refractivity contribution in [3.05, 3.63) is 0 Å². The highest BCUT2D eigenvalue weighted by Crippen LogP contribution is 2.77. The molecule has 0 N–H and O–H groups in total. The Hall–Kier alpha value is 0.354. The first kappa shape index (κ1) is 31.8. The minimum absolute atomic E-state index is 0.278. The molecule has 2 nitrogen and oxygen atoms in total. The van der Waals surface area contributed by atoms with Crippen LogP contribution in [-0.2, 0) is 8.85 Å². The van der Waals surface area contributed by atoms with Gasteiger partial charge >= 0.3 is 0 Å². The Bertz CT molecular complexity index is 949. The average molecular weight is 589 g/mol. The van der Waals surface area contributed by atoms with Gasteiger partial charge in [-0.2, -0.15) is 0 Å². The lowest BCUT2D eigenvalue weighted by molar-refractivity contribution is -0.247. The molecule has 40 heavy (non-hydrogen) atoms. The third kappa shape index (κ3) is 4.91. The zero-order chi connectivity index (χ0) is 29.7. The van der Waals surface area contributed by atoms with Gasteiger partial charge < -0.3 is 8.85 Å². The summed E-state index contributed by atoms with van der Waals surface area (Å²) in [6.45, 7) is 34.1. The van der Waals surface area contributed by atoms with Crippen molar-refractivity contribution in [3.63, 3.8) is 0 Å². The van der Waals surface area contributed by atoms with Gasteiger partial charge in [0, 0.05) is 6.61 Å². The van der Waals surface area contributed by atoms with Crippen LogP contribution in [0.25, 0.3) is 0 Å². The molecule has 11 atom stereocenters. The summed E-state index contributed by atoms with van der Waals surface area (Å²) < 4.78 is 13.5. The Labute approximate surface area is 252 Å². The molecule has 5 fully saturated rings. The maximum absolute atomic E-state index is 6.92. The molecule has 0 aromatic heterocycles. The highest BCUT2D eigenvalue weighted by atomic mass is 28.4. The van der Waals surface area contributed by atoms with E-state index in [2.05, 4.69) is 87.7 Å². The Morgan fingerprint density at radius 2 is 1.35 bits per heavy atom. The second kappa shape index (κ2) is 9.93. The van der Waals surface area contributed by atoms with E-state index in [1.807, 2.05) is 0 Å². The van der Waals surface area contributed by atoms with Crippen LogP contribution in [0.1, 0.15) is 113 Å². The summed E-state index contributed by atoms with van der Waals surface area (Å²) in [6, 6.07) is 0. The van der Waals surface area contributed by atoms with Gasteiger partial charge in [-0.05, 0) is 166 Å². The maximum Gasteiger partial charge on any atom is 0.184 e. The van der Waals surface area contributed by atoms with Crippen LogP contribution in [0, 0.1) is 62.6 Å². The number of hydrogen-bond acceptors (Lipinski definition) is 2. The van der Waals surface area contributed by atoms with Crippen molar-refractivity contribution in [2.45, 2.75) is 158 Å². The van der Waals surface area contributed by atoms with Crippen molar-refractivity contribution in [3.8, 4) is 0 Å². The minimum atomic E-state index is -1.56. The molecule has 0 aliphatic heterocycles. The van der Waals surface area contributed by atoms with Gasteiger partial charge in [-0.15, -0.1) is 0 Å². The van der Waals surface area contributed by atoms with Gasteiger partial charge in [0.25, 0.3) is 0 Å². The van der Waals surface area contributed by atoms with Gasteiger partial charge in [0.15, 0.2) is 16.6 Å². The lowest BCUT2D eigenvalue weighted by atomic mass is 9.32. The van der Waals surface area contributed by atoms with Crippen molar-refractivity contribution in [2.75, 3.05) is 6.61 Å². The molecular formula is C36H68O2Si2. The molecule has 5 aliphatic rings. The lowest BCUT2D eigenvalue weighted by Crippen LogP contribution is -2.67. The van der Waals surface area contributed by atoms with E-state index < -0.39 is 16.6 Å². The average Bonchev–Trinajstić information content (AvgIpc) is 3.16. The van der Waals surface area contributed by atoms with E-state index in [1.54, 1.807) is 0 Å². The van der Waals surface area contributed by atoms with E-state index in [1.165, 1.54) is 64.2 Å². The minimum Gasteiger partial charge on any atom is -0.417 e. The topological polar surface area (TPSA) is 18.5 Å². The highest BCUT2D eigenvalue weighted by molar-refractivity contribution is 6.70. The van der Waals surface area contributed by atoms with Crippen LogP contribution in [0.3, 0.4) is 0 Å². The molecule has 5 saturated carbocycles. The first-order chi connectivity index (χ1) is 18.2. The first-order valence-corrected chi connectivity index (χ1v) is 24.3. The molecule has 0 bridgehead atoms. The van der Waals surface area contributed by atoms with Crippen molar-refractivity contribution in [1.29, 1.82) is 0 Å². The summed E-state index contributed by atoms with van der Waals surface area (Å²) in [5.41, 5.74) is 2.24. The van der Waals surface area contributed by atoms with Crippen LogP contribution in [0.4, 0.5) is 0 Å². The van der Waals surface area contributed by atoms with Crippen LogP contribution in [0.2, 0.25) is 39.3 Å². The highest BCUT2D eigenvalue weighted by Gasteiger charge is 2.70. The standard InChI is InChI=1S/C36H68O2Si2/c1-25(24-37-39(8,9)10)26-16-19-33(4)22-23-35(6)27(31(26)33)14-15-29-34(5)20-18-30(38-40(11,12)13)32(2,3)28(34)17-21-36(29,35)7/h25-31H,14-24H2,1-13H3/t25-,26-,27?,28?,29?,30-,31?,33+,34-,35+,36+/m0/s1. The van der Waals surface area contributed by atoms with E-state index in [4.69, 9.17) is 8.85 Å². The Kier molecular flexibility index (Phi) is 7.89. The summed E-state index contributed by atoms with van der Waals surface area (Å²) in [7, 11) is -3.04. The fourth-order valence-electron chi connectivity index (χ4n) is 12.8. The lowest BCUT2D eigenvalue weighted by Gasteiger charge is -2.73. The number of hydrogen-bond donors (Lipinski definition) is 0. The zero-order valence-electron chi connectivity index (χ0n) is 29.1. The number of rotatable bonds is 6. The van der Waals surface area contributed by atoms with Crippen LogP contribution < -0.4 is 0 Å². The molecule has 232 valence electrons. The molecule has 5 aliphatic carbocycles. The Balaban J connectivity index is 1.43. The van der Waals surface area contributed by atoms with E-state index in [0.717, 1.165) is 36.2 Å². The summed E-state index contributed by atoms with van der Waals surface area (Å²) in [5.74, 6) is 5.00. The first-order valence-electron chi connectivity index (χ1n) is 17.5. The molecule has 0 amide bonds. The Morgan fingerprint density at radius 3 is 1.98 bits per heavy atom. The molecule has 0 aromatic rings. The SMILES string of the molecule is C[C@@H](CO[Si](C)(C)C)[C@@H]1CC[C@]2(C)CC[C@]3(C)C(CCC4[C@@]5(C)CC[C@H](O[Si](C)(C)C)C(C)(C)C5CC[C@]43C)C12. The summed E-state index contributed by atoms with van der Waals surface area (Å²) >= 11 is 0. The summed E-state index contributed by atoms with van der Waals surface area (Å²) in [4.78, 5) is 0. The smallest absolute Gasteiger partial charge is 0.184 e. The van der Waals surface area contributed by atoms with Gasteiger partial charge in [-0.3, -0.25) is 0 Å². The molecule has 0 spiro atoms. The Morgan fingerprint density at radius 1 is 0.675 bits per heavy atom. The van der Waals surface area contributed by atoms with Gasteiger partial charge in [0.1, 0.15) is 0 Å². The molecular weight excluding hydrogens is 521 g/mol. The molecule has 4 unspecified atom stereocenters. The second-order valence-corrected chi connectivity index (χ2v) is 28.5. The van der Waals surface area contributed by atoms with Crippen molar-refractivity contribution in [2.24, 2.45) is 62.6 Å². The van der Waals surface area contributed by atoms with Crippen LogP contribution in [-0.4, -0.2) is 29.3 Å². The normalized spacial score (nSPS) is 49.4. The summed E-state index contributed by atoms with van der Waals surface area (Å²) in [6.07, 6.45) is 14.7. The molecule has 0 aromatic carbocycles. The van der Waals surface area contributed by atoms with Gasteiger partial charge in [0.2, 0.25) is 0 Å². The van der Waals surface area contributed by atoms with E-state index >= 15 is 0 Å². The molecule has 5 rings (SSSR count). The largest absolute Gasteiger partial charge is 0.417 e. The third-order valence-electron chi connectivity index (χ3n) is 14.8. The van der Waals surface area contributed by atoms with E-state index in [-0.39, 0.29) is 5.41 Å². The molecule has 4 heteroatoms. The van der Waals surface area contributed by atoms with Crippen molar-refractivity contribution < 1.29 is 8.85 Å². The monoisotopic (exact) mass is 588 g/mol. The quantitative estimate of drug-likeness (QED) is 0.287. The van der Waals surface area contributed by atoms with Crippen LogP contribution >= 0.6 is 0 Å². The third-order valence-corrected chi connectivity index (χ3v) is 16.9. The van der Waals surface area contributed by atoms with Crippen LogP contribution in [0.5, 0.6) is 0 Å².